The van der Waals surface area contributed by atoms with Crippen molar-refractivity contribution in [2.45, 2.75) is 32.3 Å². The molecule has 0 bridgehead atoms. The Morgan fingerprint density at radius 3 is 1.63 bits per heavy atom. The first kappa shape index (κ1) is 21.2. The molecule has 3 N–H and O–H groups in total. The molecule has 148 valence electrons. The van der Waals surface area contributed by atoms with Gasteiger partial charge >= 0.3 is 0 Å². The van der Waals surface area contributed by atoms with Crippen molar-refractivity contribution in [3.05, 3.63) is 59.7 Å². The molecule has 2 aromatic rings. The third kappa shape index (κ3) is 5.96. The fourth-order valence-corrected chi connectivity index (χ4v) is 2.64. The second-order valence-electron chi connectivity index (χ2n) is 7.42. The third-order valence-electron chi connectivity index (χ3n) is 4.65. The molecule has 0 aromatic heterocycles. The Bertz CT molecular complexity index is 619. The van der Waals surface area contributed by atoms with Gasteiger partial charge in [0.1, 0.15) is 24.2 Å². The number of hydrogen-bond acceptors (Lipinski definition) is 5. The zero-order valence-electron chi connectivity index (χ0n) is 16.3. The molecule has 0 aliphatic heterocycles. The average molecular weight is 374 g/mol. The normalized spacial score (nSPS) is 13.9. The van der Waals surface area contributed by atoms with Crippen LogP contribution in [0.25, 0.3) is 0 Å². The molecule has 0 spiro atoms. The van der Waals surface area contributed by atoms with E-state index in [-0.39, 0.29) is 31.2 Å². The van der Waals surface area contributed by atoms with Gasteiger partial charge in [-0.2, -0.15) is 0 Å². The maximum Gasteiger partial charge on any atom is 0.119 e. The molecule has 0 saturated carbocycles. The molecule has 0 radical (unpaired) electrons. The molecule has 0 aliphatic rings. The monoisotopic (exact) mass is 374 g/mol. The summed E-state index contributed by atoms with van der Waals surface area (Å²) in [6.07, 6.45) is -0.873. The molecule has 0 fully saturated rings. The largest absolute Gasteiger partial charge is 0.493 e. The third-order valence-corrected chi connectivity index (χ3v) is 4.65. The van der Waals surface area contributed by atoms with E-state index >= 15 is 0 Å². The molecular weight excluding hydrogens is 344 g/mol. The Labute approximate surface area is 161 Å². The minimum atomic E-state index is -0.873. The van der Waals surface area contributed by atoms with Crippen LogP contribution in [0, 0.1) is 5.92 Å². The molecule has 2 unspecified atom stereocenters. The smallest absolute Gasteiger partial charge is 0.119 e. The second kappa shape index (κ2) is 9.74. The van der Waals surface area contributed by atoms with Crippen molar-refractivity contribution in [1.29, 1.82) is 0 Å². The van der Waals surface area contributed by atoms with E-state index in [9.17, 15) is 5.11 Å². The van der Waals surface area contributed by atoms with Crippen LogP contribution in [0.2, 0.25) is 0 Å². The highest BCUT2D eigenvalue weighted by molar-refractivity contribution is 5.41. The SMILES string of the molecule is CC(CO)COc1ccc(C(C)(C)c2ccc(OCC(O)CO)cc2)cc1. The van der Waals surface area contributed by atoms with Gasteiger partial charge < -0.3 is 24.8 Å². The summed E-state index contributed by atoms with van der Waals surface area (Å²) in [5.74, 6) is 1.56. The van der Waals surface area contributed by atoms with Crippen molar-refractivity contribution in [1.82, 2.24) is 0 Å². The molecule has 27 heavy (non-hydrogen) atoms. The number of hydrogen-bond donors (Lipinski definition) is 3. The summed E-state index contributed by atoms with van der Waals surface area (Å²) in [4.78, 5) is 0. The molecular formula is C22H30O5. The number of aliphatic hydroxyl groups excluding tert-OH is 3. The van der Waals surface area contributed by atoms with E-state index in [2.05, 4.69) is 26.0 Å². The van der Waals surface area contributed by atoms with E-state index < -0.39 is 6.10 Å². The van der Waals surface area contributed by atoms with Gasteiger partial charge in [-0.25, -0.2) is 0 Å². The van der Waals surface area contributed by atoms with Gasteiger partial charge in [0, 0.05) is 17.9 Å². The van der Waals surface area contributed by atoms with Crippen LogP contribution >= 0.6 is 0 Å². The van der Waals surface area contributed by atoms with Gasteiger partial charge in [-0.15, -0.1) is 0 Å². The average Bonchev–Trinajstić information content (AvgIpc) is 2.70. The first-order valence-electron chi connectivity index (χ1n) is 9.23. The topological polar surface area (TPSA) is 79.2 Å². The predicted molar refractivity (Wildman–Crippen MR) is 105 cm³/mol. The molecule has 0 aliphatic carbocycles. The van der Waals surface area contributed by atoms with E-state index in [1.54, 1.807) is 0 Å². The number of benzene rings is 2. The van der Waals surface area contributed by atoms with E-state index in [4.69, 9.17) is 19.7 Å². The number of rotatable bonds is 10. The Kier molecular flexibility index (Phi) is 7.66. The van der Waals surface area contributed by atoms with Gasteiger partial charge in [0.05, 0.1) is 13.2 Å². The lowest BCUT2D eigenvalue weighted by Gasteiger charge is -2.26. The molecule has 5 heteroatoms. The summed E-state index contributed by atoms with van der Waals surface area (Å²) in [7, 11) is 0. The van der Waals surface area contributed by atoms with Crippen LogP contribution in [0.3, 0.4) is 0 Å². The Morgan fingerprint density at radius 1 is 0.778 bits per heavy atom. The fourth-order valence-electron chi connectivity index (χ4n) is 2.64. The molecule has 5 nitrogen and oxygen atoms in total. The van der Waals surface area contributed by atoms with Crippen molar-refractivity contribution in [3.63, 3.8) is 0 Å². The minimum absolute atomic E-state index is 0.0651. The van der Waals surface area contributed by atoms with Crippen molar-refractivity contribution in [3.8, 4) is 11.5 Å². The summed E-state index contributed by atoms with van der Waals surface area (Å²) in [6, 6.07) is 15.8. The van der Waals surface area contributed by atoms with E-state index in [0.29, 0.717) is 12.4 Å². The lowest BCUT2D eigenvalue weighted by atomic mass is 9.78. The van der Waals surface area contributed by atoms with Crippen molar-refractivity contribution in [2.24, 2.45) is 5.92 Å². The van der Waals surface area contributed by atoms with Crippen molar-refractivity contribution < 1.29 is 24.8 Å². The lowest BCUT2D eigenvalue weighted by Crippen LogP contribution is -2.21. The number of aliphatic hydroxyl groups is 3. The zero-order valence-corrected chi connectivity index (χ0v) is 16.3. The maximum atomic E-state index is 9.36. The second-order valence-corrected chi connectivity index (χ2v) is 7.42. The first-order chi connectivity index (χ1) is 12.9. The van der Waals surface area contributed by atoms with Gasteiger partial charge in [-0.1, -0.05) is 45.0 Å². The summed E-state index contributed by atoms with van der Waals surface area (Å²) in [6.45, 7) is 6.61. The highest BCUT2D eigenvalue weighted by Crippen LogP contribution is 2.33. The van der Waals surface area contributed by atoms with Gasteiger partial charge in [-0.3, -0.25) is 0 Å². The van der Waals surface area contributed by atoms with Crippen LogP contribution in [0.15, 0.2) is 48.5 Å². The van der Waals surface area contributed by atoms with Crippen molar-refractivity contribution >= 4 is 0 Å². The van der Waals surface area contributed by atoms with E-state index in [1.807, 2.05) is 43.3 Å². The molecule has 0 saturated heterocycles. The quantitative estimate of drug-likeness (QED) is 0.596. The van der Waals surface area contributed by atoms with E-state index in [1.165, 1.54) is 0 Å². The molecule has 0 heterocycles. The van der Waals surface area contributed by atoms with Gasteiger partial charge in [-0.05, 0) is 35.4 Å². The Hall–Kier alpha value is -2.08. The summed E-state index contributed by atoms with van der Waals surface area (Å²) in [5, 5.41) is 27.3. The summed E-state index contributed by atoms with van der Waals surface area (Å²) in [5.41, 5.74) is 2.11. The van der Waals surface area contributed by atoms with Crippen LogP contribution in [0.4, 0.5) is 0 Å². The van der Waals surface area contributed by atoms with Crippen LogP contribution < -0.4 is 9.47 Å². The highest BCUT2D eigenvalue weighted by Gasteiger charge is 2.23. The maximum absolute atomic E-state index is 9.36. The van der Waals surface area contributed by atoms with Gasteiger partial charge in [0.2, 0.25) is 0 Å². The van der Waals surface area contributed by atoms with Crippen LogP contribution in [-0.2, 0) is 5.41 Å². The van der Waals surface area contributed by atoms with Gasteiger partial charge in [0.25, 0.3) is 0 Å². The first-order valence-corrected chi connectivity index (χ1v) is 9.23. The molecule has 0 amide bonds. The van der Waals surface area contributed by atoms with Gasteiger partial charge in [0.15, 0.2) is 0 Å². The van der Waals surface area contributed by atoms with Crippen LogP contribution in [-0.4, -0.2) is 47.9 Å². The number of ether oxygens (including phenoxy) is 2. The standard InChI is InChI=1S/C22H30O5/c1-16(12-23)14-26-20-8-4-17(5-9-20)22(2,3)18-6-10-21(11-7-18)27-15-19(25)13-24/h4-11,16,19,23-25H,12-15H2,1-3H3. The van der Waals surface area contributed by atoms with Crippen LogP contribution in [0.5, 0.6) is 11.5 Å². The zero-order chi connectivity index (χ0) is 19.9. The molecule has 2 aromatic carbocycles. The lowest BCUT2D eigenvalue weighted by molar-refractivity contribution is 0.0536. The molecule has 2 atom stereocenters. The fraction of sp³-hybridized carbons (Fsp3) is 0.455. The molecule has 2 rings (SSSR count). The predicted octanol–water partition coefficient (Wildman–Crippen LogP) is 2.75. The van der Waals surface area contributed by atoms with Crippen molar-refractivity contribution in [2.75, 3.05) is 26.4 Å². The highest BCUT2D eigenvalue weighted by atomic mass is 16.5. The summed E-state index contributed by atoms with van der Waals surface area (Å²) < 4.78 is 11.1. The Morgan fingerprint density at radius 2 is 1.22 bits per heavy atom. The summed E-state index contributed by atoms with van der Waals surface area (Å²) >= 11 is 0. The minimum Gasteiger partial charge on any atom is -0.493 e. The Balaban J connectivity index is 2.04. The van der Waals surface area contributed by atoms with E-state index in [0.717, 1.165) is 16.9 Å². The van der Waals surface area contributed by atoms with Crippen LogP contribution in [0.1, 0.15) is 31.9 Å².